The average molecular weight is 383 g/mol. The third-order valence-electron chi connectivity index (χ3n) is 2.49. The molecule has 0 aromatic carbocycles. The number of carboxylic acid groups (broad SMARTS) is 1. The first-order valence-corrected chi connectivity index (χ1v) is 8.13. The number of nitrogens with one attached hydrogen (secondary N) is 1. The maximum Gasteiger partial charge on any atom is 0.408 e. The Morgan fingerprint density at radius 3 is 2.05 bits per heavy atom. The van der Waals surface area contributed by atoms with Crippen LogP contribution in [0.2, 0.25) is 0 Å². The Bertz CT molecular complexity index is 369. The molecule has 0 saturated heterocycles. The van der Waals surface area contributed by atoms with Crippen molar-refractivity contribution < 1.29 is 24.2 Å². The summed E-state index contributed by atoms with van der Waals surface area (Å²) in [5.74, 6) is -1.43. The van der Waals surface area contributed by atoms with Crippen LogP contribution in [0.4, 0.5) is 4.79 Å². The molecule has 0 radical (unpaired) electrons. The summed E-state index contributed by atoms with van der Waals surface area (Å²) in [4.78, 5) is 32.1. The van der Waals surface area contributed by atoms with E-state index < -0.39 is 23.7 Å². The molecule has 0 fully saturated rings. The van der Waals surface area contributed by atoms with E-state index in [9.17, 15) is 14.4 Å². The van der Waals surface area contributed by atoms with Gasteiger partial charge < -0.3 is 20.9 Å². The highest BCUT2D eigenvalue weighted by Crippen LogP contribution is 2.11. The van der Waals surface area contributed by atoms with Crippen molar-refractivity contribution in [1.82, 2.24) is 5.32 Å². The molecule has 0 aromatic rings. The minimum absolute atomic E-state index is 0.134. The van der Waals surface area contributed by atoms with Crippen LogP contribution >= 0.6 is 15.9 Å². The predicted molar refractivity (Wildman–Crippen MR) is 87.9 cm³/mol. The summed E-state index contributed by atoms with van der Waals surface area (Å²) in [6, 6.07) is -0.903. The number of carbonyl (C=O) groups excluding carboxylic acids is 2. The first-order valence-electron chi connectivity index (χ1n) is 7.01. The molecule has 2 amide bonds. The van der Waals surface area contributed by atoms with Crippen molar-refractivity contribution in [3.8, 4) is 0 Å². The van der Waals surface area contributed by atoms with E-state index in [2.05, 4.69) is 21.2 Å². The van der Waals surface area contributed by atoms with Gasteiger partial charge in [0.2, 0.25) is 5.91 Å². The van der Waals surface area contributed by atoms with Crippen molar-refractivity contribution in [2.45, 2.75) is 59.1 Å². The van der Waals surface area contributed by atoms with Crippen molar-refractivity contribution in [1.29, 1.82) is 0 Å². The van der Waals surface area contributed by atoms with E-state index in [0.717, 1.165) is 0 Å². The molecule has 0 aliphatic rings. The Hall–Kier alpha value is -1.31. The molecule has 0 spiro atoms. The SMILES string of the molecule is CCC(C)C(NC(=O)OC(C)(C)C)C(=O)O.NC(=O)CCBr. The molecular formula is C14H27BrN2O5. The lowest BCUT2D eigenvalue weighted by atomic mass is 10.00. The summed E-state index contributed by atoms with van der Waals surface area (Å²) < 4.78 is 5.00. The normalized spacial score (nSPS) is 13.2. The topological polar surface area (TPSA) is 119 Å². The van der Waals surface area contributed by atoms with Gasteiger partial charge >= 0.3 is 12.1 Å². The molecule has 2 unspecified atom stereocenters. The van der Waals surface area contributed by atoms with Gasteiger partial charge in [-0.15, -0.1) is 0 Å². The molecule has 0 aromatic heterocycles. The molecule has 2 atom stereocenters. The Morgan fingerprint density at radius 1 is 1.32 bits per heavy atom. The number of nitrogens with two attached hydrogens (primary N) is 1. The van der Waals surface area contributed by atoms with E-state index in [1.165, 1.54) is 0 Å². The number of rotatable bonds is 6. The summed E-state index contributed by atoms with van der Waals surface area (Å²) in [5.41, 5.74) is 4.11. The molecule has 130 valence electrons. The molecule has 0 saturated carbocycles. The van der Waals surface area contributed by atoms with Crippen LogP contribution in [0.15, 0.2) is 0 Å². The number of ether oxygens (including phenoxy) is 1. The van der Waals surface area contributed by atoms with E-state index in [1.54, 1.807) is 27.7 Å². The van der Waals surface area contributed by atoms with Crippen LogP contribution in [0.1, 0.15) is 47.5 Å². The molecule has 8 heteroatoms. The van der Waals surface area contributed by atoms with E-state index in [1.807, 2.05) is 6.92 Å². The fourth-order valence-corrected chi connectivity index (χ4v) is 1.60. The molecule has 0 heterocycles. The Balaban J connectivity index is 0. The molecule has 0 aliphatic heterocycles. The fourth-order valence-electron chi connectivity index (χ4n) is 1.21. The number of carbonyl (C=O) groups is 3. The minimum Gasteiger partial charge on any atom is -0.480 e. The number of amides is 2. The zero-order valence-electron chi connectivity index (χ0n) is 13.8. The van der Waals surface area contributed by atoms with Gasteiger partial charge in [0.1, 0.15) is 11.6 Å². The molecular weight excluding hydrogens is 356 g/mol. The van der Waals surface area contributed by atoms with Gasteiger partial charge in [-0.25, -0.2) is 9.59 Å². The number of primary amides is 1. The van der Waals surface area contributed by atoms with Gasteiger partial charge in [-0.05, 0) is 26.7 Å². The summed E-state index contributed by atoms with van der Waals surface area (Å²) >= 11 is 3.05. The number of hydrogen-bond acceptors (Lipinski definition) is 4. The fraction of sp³-hybridized carbons (Fsp3) is 0.786. The van der Waals surface area contributed by atoms with Gasteiger partial charge in [0.15, 0.2) is 0 Å². The van der Waals surface area contributed by atoms with Crippen molar-refractivity contribution in [2.24, 2.45) is 11.7 Å². The third kappa shape index (κ3) is 13.7. The van der Waals surface area contributed by atoms with Crippen molar-refractivity contribution in [2.75, 3.05) is 5.33 Å². The lowest BCUT2D eigenvalue weighted by Gasteiger charge is -2.24. The van der Waals surface area contributed by atoms with Crippen LogP contribution in [-0.4, -0.2) is 40.0 Å². The first kappa shape index (κ1) is 23.0. The van der Waals surface area contributed by atoms with E-state index >= 15 is 0 Å². The van der Waals surface area contributed by atoms with Gasteiger partial charge in [-0.3, -0.25) is 4.79 Å². The second-order valence-electron chi connectivity index (χ2n) is 5.75. The highest BCUT2D eigenvalue weighted by Gasteiger charge is 2.27. The van der Waals surface area contributed by atoms with Crippen molar-refractivity contribution >= 4 is 33.9 Å². The lowest BCUT2D eigenvalue weighted by molar-refractivity contribution is -0.140. The van der Waals surface area contributed by atoms with Crippen LogP contribution < -0.4 is 11.1 Å². The predicted octanol–water partition coefficient (Wildman–Crippen LogP) is 2.27. The average Bonchev–Trinajstić information content (AvgIpc) is 2.33. The summed E-state index contributed by atoms with van der Waals surface area (Å²) in [7, 11) is 0. The Labute approximate surface area is 140 Å². The number of alkyl halides is 1. The highest BCUT2D eigenvalue weighted by molar-refractivity contribution is 9.09. The molecule has 22 heavy (non-hydrogen) atoms. The van der Waals surface area contributed by atoms with Gasteiger partial charge in [-0.1, -0.05) is 36.2 Å². The van der Waals surface area contributed by atoms with Crippen LogP contribution in [0.25, 0.3) is 0 Å². The van der Waals surface area contributed by atoms with Crippen molar-refractivity contribution in [3.63, 3.8) is 0 Å². The smallest absolute Gasteiger partial charge is 0.408 e. The zero-order valence-corrected chi connectivity index (χ0v) is 15.4. The lowest BCUT2D eigenvalue weighted by Crippen LogP contribution is -2.46. The monoisotopic (exact) mass is 382 g/mol. The second-order valence-corrected chi connectivity index (χ2v) is 6.55. The number of halogens is 1. The standard InChI is InChI=1S/C11H21NO4.C3H6BrNO/c1-6-7(2)8(9(13)14)12-10(15)16-11(3,4)5;4-2-1-3(5)6/h7-8H,6H2,1-5H3,(H,12,15)(H,13,14);1-2H2,(H2,5,6). The largest absolute Gasteiger partial charge is 0.480 e. The highest BCUT2D eigenvalue weighted by atomic mass is 79.9. The summed E-state index contributed by atoms with van der Waals surface area (Å²) in [5, 5.41) is 12.0. The first-order chi connectivity index (χ1) is 9.94. The van der Waals surface area contributed by atoms with E-state index in [4.69, 9.17) is 15.6 Å². The Kier molecular flexibility index (Phi) is 11.8. The zero-order chi connectivity index (χ0) is 17.9. The quantitative estimate of drug-likeness (QED) is 0.608. The van der Waals surface area contributed by atoms with Crippen LogP contribution in [0.3, 0.4) is 0 Å². The van der Waals surface area contributed by atoms with Gasteiger partial charge in [0.25, 0.3) is 0 Å². The van der Waals surface area contributed by atoms with Gasteiger partial charge in [0, 0.05) is 11.8 Å². The van der Waals surface area contributed by atoms with Crippen LogP contribution in [-0.2, 0) is 14.3 Å². The Morgan fingerprint density at radius 2 is 1.82 bits per heavy atom. The third-order valence-corrected chi connectivity index (χ3v) is 2.89. The van der Waals surface area contributed by atoms with Crippen LogP contribution in [0, 0.1) is 5.92 Å². The molecule has 7 nitrogen and oxygen atoms in total. The maximum atomic E-state index is 11.4. The summed E-state index contributed by atoms with van der Waals surface area (Å²) in [6.45, 7) is 8.83. The van der Waals surface area contributed by atoms with Crippen molar-refractivity contribution in [3.05, 3.63) is 0 Å². The number of hydrogen-bond donors (Lipinski definition) is 3. The van der Waals surface area contributed by atoms with Crippen LogP contribution in [0.5, 0.6) is 0 Å². The molecule has 0 rings (SSSR count). The molecule has 4 N–H and O–H groups in total. The number of alkyl carbamates (subject to hydrolysis) is 1. The minimum atomic E-state index is -1.04. The van der Waals surface area contributed by atoms with E-state index in [-0.39, 0.29) is 11.8 Å². The van der Waals surface area contributed by atoms with Gasteiger partial charge in [-0.2, -0.15) is 0 Å². The number of aliphatic carboxylic acids is 1. The number of carboxylic acids is 1. The summed E-state index contributed by atoms with van der Waals surface area (Å²) in [6.07, 6.45) is 0.410. The maximum absolute atomic E-state index is 11.4. The van der Waals surface area contributed by atoms with E-state index in [0.29, 0.717) is 18.2 Å². The molecule has 0 bridgehead atoms. The molecule has 0 aliphatic carbocycles. The second kappa shape index (κ2) is 11.3. The van der Waals surface area contributed by atoms with Gasteiger partial charge in [0.05, 0.1) is 0 Å².